The monoisotopic (exact) mass is 191 g/mol. The van der Waals surface area contributed by atoms with Gasteiger partial charge in [0.25, 0.3) is 0 Å². The molecular formula is C10H22ClN. The third-order valence-corrected chi connectivity index (χ3v) is 2.85. The summed E-state index contributed by atoms with van der Waals surface area (Å²) in [5.41, 5.74) is 6.05. The van der Waals surface area contributed by atoms with Gasteiger partial charge in [0.2, 0.25) is 0 Å². The maximum Gasteiger partial charge on any atom is 0.0403 e. The second-order valence-corrected chi connectivity index (χ2v) is 3.97. The van der Waals surface area contributed by atoms with Gasteiger partial charge < -0.3 is 5.73 Å². The van der Waals surface area contributed by atoms with E-state index in [1.807, 2.05) is 0 Å². The Bertz CT molecular complexity index is 96.0. The maximum atomic E-state index is 6.14. The van der Waals surface area contributed by atoms with Crippen molar-refractivity contribution in [2.24, 2.45) is 5.73 Å². The van der Waals surface area contributed by atoms with Crippen molar-refractivity contribution in [2.45, 2.75) is 57.9 Å². The van der Waals surface area contributed by atoms with Gasteiger partial charge in [0.15, 0.2) is 0 Å². The molecule has 0 aromatic rings. The van der Waals surface area contributed by atoms with E-state index in [0.29, 0.717) is 5.88 Å². The van der Waals surface area contributed by atoms with Crippen molar-refractivity contribution in [3.05, 3.63) is 0 Å². The minimum absolute atomic E-state index is 0.0897. The number of alkyl halides is 1. The first-order valence-corrected chi connectivity index (χ1v) is 5.57. The van der Waals surface area contributed by atoms with Gasteiger partial charge in [-0.2, -0.15) is 0 Å². The van der Waals surface area contributed by atoms with Crippen molar-refractivity contribution >= 4 is 11.6 Å². The van der Waals surface area contributed by atoms with E-state index in [2.05, 4.69) is 13.8 Å². The third-order valence-electron chi connectivity index (χ3n) is 2.32. The first kappa shape index (κ1) is 12.2. The van der Waals surface area contributed by atoms with E-state index < -0.39 is 0 Å². The van der Waals surface area contributed by atoms with Gasteiger partial charge in [-0.05, 0) is 12.8 Å². The lowest BCUT2D eigenvalue weighted by atomic mass is 9.90. The summed E-state index contributed by atoms with van der Waals surface area (Å²) in [5, 5.41) is 0. The summed E-state index contributed by atoms with van der Waals surface area (Å²) in [5.74, 6) is 0.604. The Hall–Kier alpha value is 0.250. The lowest BCUT2D eigenvalue weighted by Gasteiger charge is -2.26. The van der Waals surface area contributed by atoms with Crippen LogP contribution in [-0.4, -0.2) is 11.4 Å². The normalized spacial score (nSPS) is 12.0. The van der Waals surface area contributed by atoms with Gasteiger partial charge in [-0.15, -0.1) is 11.6 Å². The van der Waals surface area contributed by atoms with E-state index in [4.69, 9.17) is 17.3 Å². The van der Waals surface area contributed by atoms with E-state index in [9.17, 15) is 0 Å². The molecule has 0 amide bonds. The van der Waals surface area contributed by atoms with Crippen molar-refractivity contribution in [3.63, 3.8) is 0 Å². The van der Waals surface area contributed by atoms with E-state index in [1.54, 1.807) is 0 Å². The molecule has 0 aliphatic carbocycles. The summed E-state index contributed by atoms with van der Waals surface area (Å²) in [7, 11) is 0. The molecule has 0 bridgehead atoms. The molecule has 2 N–H and O–H groups in total. The molecule has 0 aliphatic heterocycles. The SMILES string of the molecule is CCCCC(N)(CCl)CCCC. The first-order valence-electron chi connectivity index (χ1n) is 5.03. The summed E-state index contributed by atoms with van der Waals surface area (Å²) in [6.07, 6.45) is 6.98. The number of hydrogen-bond acceptors (Lipinski definition) is 1. The Labute approximate surface area is 81.7 Å². The van der Waals surface area contributed by atoms with Gasteiger partial charge in [0, 0.05) is 11.4 Å². The van der Waals surface area contributed by atoms with Crippen LogP contribution in [0.2, 0.25) is 0 Å². The Morgan fingerprint density at radius 2 is 1.50 bits per heavy atom. The average Bonchev–Trinajstić information content (AvgIpc) is 2.11. The highest BCUT2D eigenvalue weighted by Crippen LogP contribution is 2.20. The van der Waals surface area contributed by atoms with Crippen molar-refractivity contribution in [1.29, 1.82) is 0 Å². The molecule has 0 saturated heterocycles. The maximum absolute atomic E-state index is 6.14. The zero-order valence-corrected chi connectivity index (χ0v) is 9.16. The van der Waals surface area contributed by atoms with Gasteiger partial charge in [-0.25, -0.2) is 0 Å². The molecular weight excluding hydrogens is 170 g/mol. The molecule has 0 aliphatic rings. The van der Waals surface area contributed by atoms with Crippen molar-refractivity contribution < 1.29 is 0 Å². The average molecular weight is 192 g/mol. The van der Waals surface area contributed by atoms with E-state index in [0.717, 1.165) is 12.8 Å². The molecule has 0 heterocycles. The summed E-state index contributed by atoms with van der Waals surface area (Å²) in [6, 6.07) is 0. The van der Waals surface area contributed by atoms with Gasteiger partial charge >= 0.3 is 0 Å². The molecule has 0 spiro atoms. The summed E-state index contributed by atoms with van der Waals surface area (Å²) in [6.45, 7) is 4.38. The summed E-state index contributed by atoms with van der Waals surface area (Å²) in [4.78, 5) is 0. The number of nitrogens with two attached hydrogens (primary N) is 1. The molecule has 2 heteroatoms. The lowest BCUT2D eigenvalue weighted by molar-refractivity contribution is 0.380. The molecule has 0 fully saturated rings. The van der Waals surface area contributed by atoms with Crippen LogP contribution in [0.3, 0.4) is 0 Å². The fraction of sp³-hybridized carbons (Fsp3) is 1.00. The predicted octanol–water partition coefficient (Wildman–Crippen LogP) is 3.30. The van der Waals surface area contributed by atoms with Crippen LogP contribution >= 0.6 is 11.6 Å². The topological polar surface area (TPSA) is 26.0 Å². The molecule has 74 valence electrons. The summed E-state index contributed by atoms with van der Waals surface area (Å²) < 4.78 is 0. The van der Waals surface area contributed by atoms with Crippen LogP contribution in [0.5, 0.6) is 0 Å². The first-order chi connectivity index (χ1) is 5.68. The van der Waals surface area contributed by atoms with Crippen LogP contribution in [0.15, 0.2) is 0 Å². The van der Waals surface area contributed by atoms with Crippen molar-refractivity contribution in [2.75, 3.05) is 5.88 Å². The highest BCUT2D eigenvalue weighted by atomic mass is 35.5. The quantitative estimate of drug-likeness (QED) is 0.614. The van der Waals surface area contributed by atoms with Gasteiger partial charge in [-0.3, -0.25) is 0 Å². The van der Waals surface area contributed by atoms with Crippen LogP contribution in [-0.2, 0) is 0 Å². The molecule has 12 heavy (non-hydrogen) atoms. The molecule has 0 aromatic heterocycles. The standard InChI is InChI=1S/C10H22ClN/c1-3-5-7-10(12,9-11)8-6-4-2/h3-9,12H2,1-2H3. The molecule has 0 aromatic carbocycles. The molecule has 1 nitrogen and oxygen atoms in total. The van der Waals surface area contributed by atoms with Gasteiger partial charge in [0.1, 0.15) is 0 Å². The van der Waals surface area contributed by atoms with Crippen molar-refractivity contribution in [1.82, 2.24) is 0 Å². The Morgan fingerprint density at radius 3 is 1.75 bits per heavy atom. The minimum atomic E-state index is -0.0897. The molecule has 0 saturated carbocycles. The molecule has 0 unspecified atom stereocenters. The fourth-order valence-corrected chi connectivity index (χ4v) is 1.58. The van der Waals surface area contributed by atoms with Gasteiger partial charge in [0.05, 0.1) is 0 Å². The molecule has 0 rings (SSSR count). The highest BCUT2D eigenvalue weighted by Gasteiger charge is 2.21. The Morgan fingerprint density at radius 1 is 1.08 bits per heavy atom. The van der Waals surface area contributed by atoms with E-state index in [1.165, 1.54) is 25.7 Å². The third kappa shape index (κ3) is 5.00. The smallest absolute Gasteiger partial charge is 0.0403 e. The molecule has 0 radical (unpaired) electrons. The van der Waals surface area contributed by atoms with E-state index in [-0.39, 0.29) is 5.54 Å². The van der Waals surface area contributed by atoms with Crippen molar-refractivity contribution in [3.8, 4) is 0 Å². The predicted molar refractivity (Wildman–Crippen MR) is 56.7 cm³/mol. The second-order valence-electron chi connectivity index (χ2n) is 3.70. The van der Waals surface area contributed by atoms with Crippen LogP contribution in [0, 0.1) is 0 Å². The number of halogens is 1. The lowest BCUT2D eigenvalue weighted by Crippen LogP contribution is -2.41. The summed E-state index contributed by atoms with van der Waals surface area (Å²) >= 11 is 5.86. The van der Waals surface area contributed by atoms with Crippen LogP contribution in [0.4, 0.5) is 0 Å². The minimum Gasteiger partial charge on any atom is -0.324 e. The van der Waals surface area contributed by atoms with Crippen LogP contribution in [0.25, 0.3) is 0 Å². The highest BCUT2D eigenvalue weighted by molar-refractivity contribution is 6.18. The second kappa shape index (κ2) is 6.73. The van der Waals surface area contributed by atoms with Crippen LogP contribution in [0.1, 0.15) is 52.4 Å². The fourth-order valence-electron chi connectivity index (χ4n) is 1.32. The number of unbranched alkanes of at least 4 members (excludes halogenated alkanes) is 2. The Kier molecular flexibility index (Phi) is 6.87. The van der Waals surface area contributed by atoms with Crippen LogP contribution < -0.4 is 5.73 Å². The molecule has 0 atom stereocenters. The van der Waals surface area contributed by atoms with Gasteiger partial charge in [-0.1, -0.05) is 39.5 Å². The van der Waals surface area contributed by atoms with E-state index >= 15 is 0 Å². The largest absolute Gasteiger partial charge is 0.324 e. The Balaban J connectivity index is 3.70. The number of hydrogen-bond donors (Lipinski definition) is 1. The number of rotatable bonds is 7. The zero-order chi connectivity index (χ0) is 9.45. The zero-order valence-electron chi connectivity index (χ0n) is 8.41.